The van der Waals surface area contributed by atoms with E-state index in [0.717, 1.165) is 10.6 Å². The lowest BCUT2D eigenvalue weighted by Crippen LogP contribution is -2.29. The predicted molar refractivity (Wildman–Crippen MR) is 108 cm³/mol. The fraction of sp³-hybridized carbons (Fsp3) is 0.0952. The second kappa shape index (κ2) is 7.16. The van der Waals surface area contributed by atoms with Gasteiger partial charge < -0.3 is 10.2 Å². The Morgan fingerprint density at radius 2 is 1.41 bits per heavy atom. The van der Waals surface area contributed by atoms with Crippen molar-refractivity contribution in [2.45, 2.75) is 0 Å². The second-order valence-corrected chi connectivity index (χ2v) is 6.70. The highest BCUT2D eigenvalue weighted by molar-refractivity contribution is 6.34. The van der Waals surface area contributed by atoms with Crippen LogP contribution in [0.5, 0.6) is 0 Å². The van der Waals surface area contributed by atoms with Gasteiger partial charge >= 0.3 is 0 Å². The van der Waals surface area contributed by atoms with E-state index >= 15 is 0 Å². The minimum absolute atomic E-state index is 0.216. The number of aromatic nitrogens is 2. The van der Waals surface area contributed by atoms with E-state index in [1.807, 2.05) is 43.3 Å². The summed E-state index contributed by atoms with van der Waals surface area (Å²) in [5.74, 6) is -1.21. The minimum atomic E-state index is -0.460. The summed E-state index contributed by atoms with van der Waals surface area (Å²) < 4.78 is 0. The fourth-order valence-corrected chi connectivity index (χ4v) is 3.04. The van der Waals surface area contributed by atoms with Crippen molar-refractivity contribution in [3.05, 3.63) is 77.6 Å². The Morgan fingerprint density at radius 3 is 1.93 bits per heavy atom. The molecule has 0 spiro atoms. The molecule has 0 aliphatic carbocycles. The standard InChI is InChI=1S/C21H17N5O3/c1-25(2)15-9-5-14(6-10-15)24-19(27)13-3-7-16(8-4-13)26-20(28)17-11-22-23-12-18(17)21(26)29/h3-12H,1-2H3,(H,24,27). The van der Waals surface area contributed by atoms with Crippen molar-refractivity contribution >= 4 is 34.8 Å². The summed E-state index contributed by atoms with van der Waals surface area (Å²) in [6.45, 7) is 0. The van der Waals surface area contributed by atoms with Crippen LogP contribution in [0.2, 0.25) is 0 Å². The fourth-order valence-electron chi connectivity index (χ4n) is 3.04. The molecule has 3 aromatic rings. The molecule has 8 heteroatoms. The number of carbonyl (C=O) groups excluding carboxylic acids is 3. The van der Waals surface area contributed by atoms with Gasteiger partial charge in [-0.1, -0.05) is 0 Å². The molecule has 4 rings (SSSR count). The number of carbonyl (C=O) groups is 3. The van der Waals surface area contributed by atoms with Gasteiger partial charge in [-0.3, -0.25) is 14.4 Å². The summed E-state index contributed by atoms with van der Waals surface area (Å²) in [4.78, 5) is 40.5. The maximum Gasteiger partial charge on any atom is 0.267 e. The summed E-state index contributed by atoms with van der Waals surface area (Å²) in [6.07, 6.45) is 2.55. The molecular weight excluding hydrogens is 370 g/mol. The molecule has 29 heavy (non-hydrogen) atoms. The van der Waals surface area contributed by atoms with Crippen molar-refractivity contribution in [3.63, 3.8) is 0 Å². The first-order valence-corrected chi connectivity index (χ1v) is 8.84. The Kier molecular flexibility index (Phi) is 4.52. The number of hydrogen-bond acceptors (Lipinski definition) is 6. The van der Waals surface area contributed by atoms with Crippen LogP contribution in [-0.2, 0) is 0 Å². The zero-order chi connectivity index (χ0) is 20.5. The van der Waals surface area contributed by atoms with Crippen molar-refractivity contribution in [2.24, 2.45) is 0 Å². The molecule has 0 fully saturated rings. The Morgan fingerprint density at radius 1 is 0.862 bits per heavy atom. The molecule has 1 N–H and O–H groups in total. The van der Waals surface area contributed by atoms with Crippen LogP contribution in [0, 0.1) is 0 Å². The summed E-state index contributed by atoms with van der Waals surface area (Å²) in [5, 5.41) is 10.1. The predicted octanol–water partition coefficient (Wildman–Crippen LogP) is 2.60. The van der Waals surface area contributed by atoms with E-state index in [9.17, 15) is 14.4 Å². The number of anilines is 3. The molecule has 0 unspecified atom stereocenters. The third-order valence-electron chi connectivity index (χ3n) is 4.63. The van der Waals surface area contributed by atoms with Gasteiger partial charge in [-0.2, -0.15) is 10.2 Å². The van der Waals surface area contributed by atoms with Gasteiger partial charge in [-0.15, -0.1) is 0 Å². The van der Waals surface area contributed by atoms with Crippen LogP contribution < -0.4 is 15.1 Å². The highest BCUT2D eigenvalue weighted by atomic mass is 16.2. The molecule has 1 aliphatic rings. The number of fused-ring (bicyclic) bond motifs is 1. The second-order valence-electron chi connectivity index (χ2n) is 6.70. The van der Waals surface area contributed by atoms with Crippen molar-refractivity contribution in [3.8, 4) is 0 Å². The first-order chi connectivity index (χ1) is 14.0. The molecule has 0 atom stereocenters. The summed E-state index contributed by atoms with van der Waals surface area (Å²) in [7, 11) is 3.88. The van der Waals surface area contributed by atoms with Crippen LogP contribution in [0.1, 0.15) is 31.1 Å². The largest absolute Gasteiger partial charge is 0.378 e. The quantitative estimate of drug-likeness (QED) is 0.692. The number of imide groups is 1. The van der Waals surface area contributed by atoms with Crippen molar-refractivity contribution in [2.75, 3.05) is 29.2 Å². The Hall–Kier alpha value is -4.07. The van der Waals surface area contributed by atoms with E-state index in [1.165, 1.54) is 12.4 Å². The van der Waals surface area contributed by atoms with Crippen LogP contribution in [0.15, 0.2) is 60.9 Å². The summed E-state index contributed by atoms with van der Waals surface area (Å²) in [5.41, 5.74) is 2.91. The molecule has 0 bridgehead atoms. The SMILES string of the molecule is CN(C)c1ccc(NC(=O)c2ccc(N3C(=O)c4cnncc4C3=O)cc2)cc1. The molecule has 3 amide bonds. The highest BCUT2D eigenvalue weighted by Crippen LogP contribution is 2.27. The van der Waals surface area contributed by atoms with E-state index in [-0.39, 0.29) is 17.0 Å². The average Bonchev–Trinajstić information content (AvgIpc) is 2.99. The van der Waals surface area contributed by atoms with Gasteiger partial charge in [0, 0.05) is 31.0 Å². The number of hydrogen-bond donors (Lipinski definition) is 1. The summed E-state index contributed by atoms with van der Waals surface area (Å²) in [6, 6.07) is 13.7. The van der Waals surface area contributed by atoms with Crippen LogP contribution >= 0.6 is 0 Å². The lowest BCUT2D eigenvalue weighted by molar-refractivity contribution is 0.0925. The first-order valence-electron chi connectivity index (χ1n) is 8.84. The van der Waals surface area contributed by atoms with Gasteiger partial charge in [0.1, 0.15) is 0 Å². The molecule has 1 aromatic heterocycles. The lowest BCUT2D eigenvalue weighted by atomic mass is 10.1. The maximum absolute atomic E-state index is 12.5. The molecule has 0 saturated heterocycles. The Balaban J connectivity index is 1.50. The molecule has 2 aromatic carbocycles. The third kappa shape index (κ3) is 3.31. The van der Waals surface area contributed by atoms with Gasteiger partial charge in [0.25, 0.3) is 17.7 Å². The molecule has 0 radical (unpaired) electrons. The highest BCUT2D eigenvalue weighted by Gasteiger charge is 2.37. The zero-order valence-electron chi connectivity index (χ0n) is 15.8. The van der Waals surface area contributed by atoms with Crippen LogP contribution in [0.3, 0.4) is 0 Å². The number of nitrogens with zero attached hydrogens (tertiary/aromatic N) is 4. The van der Waals surface area contributed by atoms with E-state index in [4.69, 9.17) is 0 Å². The van der Waals surface area contributed by atoms with E-state index in [0.29, 0.717) is 16.9 Å². The van der Waals surface area contributed by atoms with Gasteiger partial charge in [0.05, 0.1) is 29.2 Å². The van der Waals surface area contributed by atoms with Gasteiger partial charge in [-0.25, -0.2) is 4.90 Å². The lowest BCUT2D eigenvalue weighted by Gasteiger charge is -2.15. The van der Waals surface area contributed by atoms with E-state index in [1.54, 1.807) is 24.3 Å². The summed E-state index contributed by atoms with van der Waals surface area (Å²) >= 11 is 0. The molecule has 1 aliphatic heterocycles. The zero-order valence-corrected chi connectivity index (χ0v) is 15.8. The Labute approximate surface area is 166 Å². The van der Waals surface area contributed by atoms with Crippen LogP contribution in [0.4, 0.5) is 17.1 Å². The molecule has 8 nitrogen and oxygen atoms in total. The monoisotopic (exact) mass is 387 g/mol. The number of nitrogens with one attached hydrogen (secondary N) is 1. The average molecular weight is 387 g/mol. The number of amides is 3. The van der Waals surface area contributed by atoms with E-state index < -0.39 is 11.8 Å². The normalized spacial score (nSPS) is 12.7. The van der Waals surface area contributed by atoms with Crippen molar-refractivity contribution in [1.29, 1.82) is 0 Å². The number of rotatable bonds is 4. The van der Waals surface area contributed by atoms with Crippen molar-refractivity contribution < 1.29 is 14.4 Å². The first kappa shape index (κ1) is 18.3. The molecule has 144 valence electrons. The minimum Gasteiger partial charge on any atom is -0.378 e. The topological polar surface area (TPSA) is 95.5 Å². The molecule has 0 saturated carbocycles. The third-order valence-corrected chi connectivity index (χ3v) is 4.63. The van der Waals surface area contributed by atoms with Gasteiger partial charge in [-0.05, 0) is 48.5 Å². The van der Waals surface area contributed by atoms with E-state index in [2.05, 4.69) is 15.5 Å². The van der Waals surface area contributed by atoms with Crippen LogP contribution in [-0.4, -0.2) is 42.0 Å². The molecular formula is C21H17N5O3. The Bertz CT molecular complexity index is 1070. The van der Waals surface area contributed by atoms with Gasteiger partial charge in [0.15, 0.2) is 0 Å². The number of benzene rings is 2. The smallest absolute Gasteiger partial charge is 0.267 e. The van der Waals surface area contributed by atoms with Gasteiger partial charge in [0.2, 0.25) is 0 Å². The molecule has 2 heterocycles. The van der Waals surface area contributed by atoms with Crippen LogP contribution in [0.25, 0.3) is 0 Å². The maximum atomic E-state index is 12.5. The van der Waals surface area contributed by atoms with Crippen molar-refractivity contribution in [1.82, 2.24) is 10.2 Å².